The highest BCUT2D eigenvalue weighted by molar-refractivity contribution is 5.73. The number of aliphatic carboxylic acids is 1. The first-order valence-corrected chi connectivity index (χ1v) is 14.6. The van der Waals surface area contributed by atoms with Gasteiger partial charge in [0.25, 0.3) is 0 Å². The predicted molar refractivity (Wildman–Crippen MR) is 149 cm³/mol. The molecule has 0 aliphatic carbocycles. The van der Waals surface area contributed by atoms with Crippen LogP contribution >= 0.6 is 0 Å². The fraction of sp³-hybridized carbons (Fsp3) is 0.933. The molecule has 0 aromatic carbocycles. The molecule has 0 amide bonds. The van der Waals surface area contributed by atoms with Crippen molar-refractivity contribution in [2.24, 2.45) is 22.7 Å². The van der Waals surface area contributed by atoms with Crippen molar-refractivity contribution >= 4 is 11.9 Å². The second kappa shape index (κ2) is 13.0. The summed E-state index contributed by atoms with van der Waals surface area (Å²) in [7, 11) is 3.43. The van der Waals surface area contributed by atoms with E-state index in [1.807, 2.05) is 5.06 Å². The minimum atomic E-state index is -0.734. The van der Waals surface area contributed by atoms with Crippen LogP contribution in [0, 0.1) is 22.7 Å². The van der Waals surface area contributed by atoms with E-state index in [2.05, 4.69) is 60.5 Å². The number of carbonyl (C=O) groups is 2. The van der Waals surface area contributed by atoms with Crippen molar-refractivity contribution in [3.63, 3.8) is 0 Å². The van der Waals surface area contributed by atoms with Gasteiger partial charge in [0.2, 0.25) is 0 Å². The maximum absolute atomic E-state index is 14.1. The Balaban J connectivity index is 2.21. The Hall–Kier alpha value is -1.22. The van der Waals surface area contributed by atoms with E-state index in [0.717, 1.165) is 58.0 Å². The highest BCUT2D eigenvalue weighted by Gasteiger charge is 2.56. The van der Waals surface area contributed by atoms with Crippen LogP contribution in [0.1, 0.15) is 113 Å². The van der Waals surface area contributed by atoms with Gasteiger partial charge in [0.1, 0.15) is 6.10 Å². The molecule has 1 N–H and O–H groups in total. The van der Waals surface area contributed by atoms with Crippen LogP contribution in [0.2, 0.25) is 0 Å². The quantitative estimate of drug-likeness (QED) is 0.222. The molecule has 2 fully saturated rings. The summed E-state index contributed by atoms with van der Waals surface area (Å²) in [5.74, 6) is -0.835. The molecule has 8 heteroatoms. The van der Waals surface area contributed by atoms with Gasteiger partial charge in [-0.1, -0.05) is 53.4 Å². The van der Waals surface area contributed by atoms with Crippen LogP contribution in [-0.2, 0) is 24.0 Å². The summed E-state index contributed by atoms with van der Waals surface area (Å²) in [6, 6.07) is 0. The third-order valence-electron chi connectivity index (χ3n) is 10.8. The molecular formula is C30H56N2O6. The first-order valence-electron chi connectivity index (χ1n) is 14.6. The number of hydrogen-bond donors (Lipinski definition) is 1. The van der Waals surface area contributed by atoms with Crippen molar-refractivity contribution in [3.8, 4) is 0 Å². The van der Waals surface area contributed by atoms with Gasteiger partial charge in [-0.2, -0.15) is 10.1 Å². The lowest BCUT2D eigenvalue weighted by Gasteiger charge is -2.57. The number of hydrogen-bond acceptors (Lipinski definition) is 7. The van der Waals surface area contributed by atoms with Crippen LogP contribution in [-0.4, -0.2) is 71.7 Å². The van der Waals surface area contributed by atoms with Crippen molar-refractivity contribution in [1.29, 1.82) is 0 Å². The molecule has 2 aliphatic heterocycles. The first-order chi connectivity index (χ1) is 17.6. The van der Waals surface area contributed by atoms with Gasteiger partial charge in [-0.05, 0) is 58.3 Å². The van der Waals surface area contributed by atoms with Crippen molar-refractivity contribution < 1.29 is 29.1 Å². The molecule has 2 heterocycles. The number of hydroxylamine groups is 4. The molecule has 2 saturated heterocycles. The number of ether oxygens (including phenoxy) is 1. The summed E-state index contributed by atoms with van der Waals surface area (Å²) < 4.78 is 6.46. The van der Waals surface area contributed by atoms with Gasteiger partial charge in [0.15, 0.2) is 0 Å². The molecule has 0 spiro atoms. The van der Waals surface area contributed by atoms with Crippen LogP contribution in [0.3, 0.4) is 0 Å². The van der Waals surface area contributed by atoms with Crippen LogP contribution in [0.5, 0.6) is 0 Å². The monoisotopic (exact) mass is 540 g/mol. The molecule has 2 aliphatic rings. The van der Waals surface area contributed by atoms with E-state index < -0.39 is 5.97 Å². The topological polar surface area (TPSA) is 88.5 Å². The minimum absolute atomic E-state index is 0.0737. The van der Waals surface area contributed by atoms with Gasteiger partial charge in [0, 0.05) is 42.4 Å². The van der Waals surface area contributed by atoms with E-state index in [1.165, 1.54) is 0 Å². The van der Waals surface area contributed by atoms with Crippen LogP contribution in [0.4, 0.5) is 0 Å². The Labute approximate surface area is 231 Å². The molecule has 38 heavy (non-hydrogen) atoms. The lowest BCUT2D eigenvalue weighted by molar-refractivity contribution is -0.270. The summed E-state index contributed by atoms with van der Waals surface area (Å²) in [5, 5.41) is 12.9. The fourth-order valence-corrected chi connectivity index (χ4v) is 6.69. The van der Waals surface area contributed by atoms with Crippen molar-refractivity contribution in [2.45, 2.75) is 130 Å². The van der Waals surface area contributed by atoms with Gasteiger partial charge in [-0.15, -0.1) is 0 Å². The third kappa shape index (κ3) is 6.73. The Morgan fingerprint density at radius 1 is 0.789 bits per heavy atom. The summed E-state index contributed by atoms with van der Waals surface area (Å²) in [4.78, 5) is 36.3. The van der Waals surface area contributed by atoms with Crippen molar-refractivity contribution in [2.75, 3.05) is 27.3 Å². The van der Waals surface area contributed by atoms with E-state index in [0.29, 0.717) is 6.42 Å². The van der Waals surface area contributed by atoms with E-state index in [9.17, 15) is 9.59 Å². The van der Waals surface area contributed by atoms with Gasteiger partial charge in [0.05, 0.1) is 20.1 Å². The predicted octanol–water partition coefficient (Wildman–Crippen LogP) is 6.09. The zero-order valence-corrected chi connectivity index (χ0v) is 25.9. The molecule has 222 valence electrons. The zero-order chi connectivity index (χ0) is 28.9. The molecule has 0 bridgehead atoms. The Bertz CT molecular complexity index is 794. The molecule has 0 aromatic heterocycles. The second-order valence-electron chi connectivity index (χ2n) is 13.5. The normalized spacial score (nSPS) is 27.5. The molecule has 2 rings (SSSR count). The van der Waals surface area contributed by atoms with Gasteiger partial charge < -0.3 is 19.5 Å². The Kier molecular flexibility index (Phi) is 11.3. The maximum atomic E-state index is 14.1. The Morgan fingerprint density at radius 2 is 1.29 bits per heavy atom. The molecular weight excluding hydrogens is 484 g/mol. The number of unbranched alkanes of at least 4 members (excludes halogenated alkanes) is 4. The number of esters is 1. The van der Waals surface area contributed by atoms with Crippen molar-refractivity contribution in [1.82, 2.24) is 10.1 Å². The number of piperidine rings is 2. The summed E-state index contributed by atoms with van der Waals surface area (Å²) in [6.45, 7) is 19.1. The lowest BCUT2D eigenvalue weighted by Crippen LogP contribution is -2.64. The molecule has 3 atom stereocenters. The summed E-state index contributed by atoms with van der Waals surface area (Å²) >= 11 is 0. The molecule has 0 radical (unpaired) electrons. The number of carboxylic acids is 1. The lowest BCUT2D eigenvalue weighted by atomic mass is 9.58. The number of rotatable bonds is 13. The highest BCUT2D eigenvalue weighted by Crippen LogP contribution is 2.52. The number of carbonyl (C=O) groups excluding carboxylic acids is 1. The number of carboxylic acid groups (broad SMARTS) is 1. The van der Waals surface area contributed by atoms with Crippen LogP contribution in [0.25, 0.3) is 0 Å². The van der Waals surface area contributed by atoms with E-state index in [1.54, 1.807) is 14.2 Å². The average molecular weight is 541 g/mol. The number of nitrogens with zero attached hydrogens (tertiary/aromatic N) is 2. The van der Waals surface area contributed by atoms with Gasteiger partial charge >= 0.3 is 11.9 Å². The molecule has 8 nitrogen and oxygen atoms in total. The largest absolute Gasteiger partial charge is 0.481 e. The van der Waals surface area contributed by atoms with Gasteiger partial charge in [-0.3, -0.25) is 9.59 Å². The zero-order valence-electron chi connectivity index (χ0n) is 25.9. The fourth-order valence-electron chi connectivity index (χ4n) is 6.69. The second-order valence-corrected chi connectivity index (χ2v) is 13.5. The van der Waals surface area contributed by atoms with E-state index in [-0.39, 0.29) is 52.2 Å². The SMILES string of the molecule is CON1CCC(OC(=O)C(CCCCCCCC(=O)O)C2CCN(OC)C(C)(C)C2(C)C)C(C)(C)C1(C)C. The average Bonchev–Trinajstić information content (AvgIpc) is 2.81. The van der Waals surface area contributed by atoms with Crippen LogP contribution < -0.4 is 0 Å². The highest BCUT2D eigenvalue weighted by atomic mass is 16.7. The molecule has 0 aromatic rings. The van der Waals surface area contributed by atoms with Crippen molar-refractivity contribution in [3.05, 3.63) is 0 Å². The van der Waals surface area contributed by atoms with E-state index in [4.69, 9.17) is 19.5 Å². The maximum Gasteiger partial charge on any atom is 0.309 e. The first kappa shape index (κ1) is 33.0. The summed E-state index contributed by atoms with van der Waals surface area (Å²) in [6.07, 6.45) is 6.98. The molecule has 3 unspecified atom stereocenters. The molecule has 0 saturated carbocycles. The van der Waals surface area contributed by atoms with Crippen LogP contribution in [0.15, 0.2) is 0 Å². The van der Waals surface area contributed by atoms with Gasteiger partial charge in [-0.25, -0.2) is 0 Å². The smallest absolute Gasteiger partial charge is 0.309 e. The van der Waals surface area contributed by atoms with E-state index >= 15 is 0 Å². The minimum Gasteiger partial charge on any atom is -0.481 e. The Morgan fingerprint density at radius 3 is 1.84 bits per heavy atom. The summed E-state index contributed by atoms with van der Waals surface area (Å²) in [5.41, 5.74) is -1.01. The standard InChI is InChI=1S/C30H56N2O6/c1-27(2)23(18-20-31(36-9)29(27,5)6)22(16-14-12-11-13-15-17-25(33)34)26(35)38-24-19-21-32(37-10)30(7,8)28(24,3)4/h22-24H,11-21H2,1-10H3,(H,33,34). The third-order valence-corrected chi connectivity index (χ3v) is 10.8.